The number of fused-ring (bicyclic) bond motifs is 1. The number of pyridine rings is 1. The average Bonchev–Trinajstić information content (AvgIpc) is 3.81. The molecule has 210 valence electrons. The topological polar surface area (TPSA) is 94.9 Å². The molecule has 0 spiro atoms. The van der Waals surface area contributed by atoms with Crippen molar-refractivity contribution >= 4 is 34.2 Å². The molecule has 0 radical (unpaired) electrons. The highest BCUT2D eigenvalue weighted by Crippen LogP contribution is 2.38. The van der Waals surface area contributed by atoms with Gasteiger partial charge in [-0.1, -0.05) is 30.3 Å². The lowest BCUT2D eigenvalue weighted by molar-refractivity contribution is 0.0694. The van der Waals surface area contributed by atoms with Gasteiger partial charge >= 0.3 is 5.97 Å². The number of para-hydroxylation sites is 1. The molecule has 1 amide bonds. The minimum Gasteiger partial charge on any atom is -0.477 e. The van der Waals surface area contributed by atoms with Crippen molar-refractivity contribution in [3.05, 3.63) is 105 Å². The van der Waals surface area contributed by atoms with Gasteiger partial charge in [0.15, 0.2) is 0 Å². The summed E-state index contributed by atoms with van der Waals surface area (Å²) in [6, 6.07) is 18.3. The molecule has 9 heteroatoms. The van der Waals surface area contributed by atoms with Gasteiger partial charge in [-0.2, -0.15) is 0 Å². The third-order valence-electron chi connectivity index (χ3n) is 8.00. The Kier molecular flexibility index (Phi) is 7.05. The molecule has 1 saturated carbocycles. The van der Waals surface area contributed by atoms with Gasteiger partial charge < -0.3 is 19.9 Å². The van der Waals surface area contributed by atoms with E-state index in [1.165, 1.54) is 12.3 Å². The Morgan fingerprint density at radius 1 is 1.00 bits per heavy atom. The van der Waals surface area contributed by atoms with Gasteiger partial charge in [0.25, 0.3) is 5.91 Å². The molecule has 2 heterocycles. The van der Waals surface area contributed by atoms with E-state index >= 15 is 4.39 Å². The quantitative estimate of drug-likeness (QED) is 0.332. The van der Waals surface area contributed by atoms with Crippen LogP contribution in [-0.2, 0) is 6.54 Å². The monoisotopic (exact) mass is 554 g/mol. The number of carboxylic acids is 1. The molecule has 2 N–H and O–H groups in total. The van der Waals surface area contributed by atoms with Gasteiger partial charge in [0.05, 0.1) is 11.2 Å². The van der Waals surface area contributed by atoms with Crippen LogP contribution in [0.15, 0.2) is 71.7 Å². The van der Waals surface area contributed by atoms with Crippen molar-refractivity contribution in [1.29, 1.82) is 0 Å². The number of carboxylic acid groups (broad SMARTS) is 1. The van der Waals surface area contributed by atoms with E-state index < -0.39 is 17.2 Å². The van der Waals surface area contributed by atoms with E-state index in [1.54, 1.807) is 6.07 Å². The molecule has 0 unspecified atom stereocenters. The number of nitrogens with one attached hydrogen (secondary N) is 1. The summed E-state index contributed by atoms with van der Waals surface area (Å²) in [5, 5.41) is 12.5. The van der Waals surface area contributed by atoms with E-state index in [4.69, 9.17) is 0 Å². The van der Waals surface area contributed by atoms with Crippen molar-refractivity contribution < 1.29 is 19.1 Å². The maximum Gasteiger partial charge on any atom is 0.341 e. The lowest BCUT2D eigenvalue weighted by Gasteiger charge is -2.36. The van der Waals surface area contributed by atoms with Crippen LogP contribution in [-0.4, -0.2) is 52.6 Å². The molecule has 1 aliphatic heterocycles. The highest BCUT2D eigenvalue weighted by Gasteiger charge is 2.28. The van der Waals surface area contributed by atoms with Crippen molar-refractivity contribution in [3.8, 4) is 0 Å². The number of rotatable bonds is 7. The zero-order chi connectivity index (χ0) is 28.7. The number of carbonyl (C=O) groups excluding carboxylic acids is 1. The minimum atomic E-state index is -1.30. The third-order valence-corrected chi connectivity index (χ3v) is 8.00. The minimum absolute atomic E-state index is 0.104. The first-order valence-electron chi connectivity index (χ1n) is 13.8. The molecule has 4 aromatic rings. The molecule has 1 saturated heterocycles. The molecular formula is C32H31FN4O4. The lowest BCUT2D eigenvalue weighted by atomic mass is 10.1. The smallest absolute Gasteiger partial charge is 0.341 e. The number of hydrogen-bond donors (Lipinski definition) is 2. The zero-order valence-electron chi connectivity index (χ0n) is 22.8. The maximum atomic E-state index is 15.3. The third kappa shape index (κ3) is 5.45. The van der Waals surface area contributed by atoms with Gasteiger partial charge in [-0.25, -0.2) is 9.18 Å². The zero-order valence-corrected chi connectivity index (χ0v) is 22.8. The van der Waals surface area contributed by atoms with E-state index in [9.17, 15) is 19.5 Å². The predicted molar refractivity (Wildman–Crippen MR) is 156 cm³/mol. The number of hydrogen-bond acceptors (Lipinski definition) is 5. The van der Waals surface area contributed by atoms with Gasteiger partial charge in [-0.3, -0.25) is 14.5 Å². The number of amides is 1. The second-order valence-corrected chi connectivity index (χ2v) is 10.9. The maximum absolute atomic E-state index is 15.3. The van der Waals surface area contributed by atoms with Gasteiger partial charge in [-0.15, -0.1) is 0 Å². The number of aryl methyl sites for hydroxylation is 1. The van der Waals surface area contributed by atoms with E-state index in [0.717, 1.165) is 42.7 Å². The number of aromatic nitrogens is 1. The van der Waals surface area contributed by atoms with Crippen molar-refractivity contribution in [3.63, 3.8) is 0 Å². The van der Waals surface area contributed by atoms with Crippen LogP contribution in [0.5, 0.6) is 0 Å². The fraction of sp³-hybridized carbons (Fsp3) is 0.281. The molecule has 6 rings (SSSR count). The Morgan fingerprint density at radius 2 is 1.71 bits per heavy atom. The first kappa shape index (κ1) is 26.7. The summed E-state index contributed by atoms with van der Waals surface area (Å²) in [5.41, 5.74) is 3.50. The molecule has 2 aliphatic rings. The number of piperazine rings is 1. The fourth-order valence-electron chi connectivity index (χ4n) is 5.48. The summed E-state index contributed by atoms with van der Waals surface area (Å²) in [6.07, 6.45) is 3.21. The summed E-state index contributed by atoms with van der Waals surface area (Å²) >= 11 is 0. The summed E-state index contributed by atoms with van der Waals surface area (Å²) in [6.45, 7) is 5.34. The van der Waals surface area contributed by atoms with Crippen LogP contribution in [0, 0.1) is 12.7 Å². The van der Waals surface area contributed by atoms with Gasteiger partial charge in [0.2, 0.25) is 5.43 Å². The van der Waals surface area contributed by atoms with Crippen molar-refractivity contribution in [2.24, 2.45) is 0 Å². The standard InChI is InChI=1S/C32H31FN4O4/c1-20-4-2-3-5-27(20)34-31(39)22-8-6-21(7-9-22)18-35-12-14-36(15-13-35)29-17-28-24(16-26(29)33)30(38)25(32(40)41)19-37(28)23-10-11-23/h2-9,16-17,19,23H,10-15,18H2,1H3,(H,34,39)(H,40,41). The summed E-state index contributed by atoms with van der Waals surface area (Å²) in [5.74, 6) is -1.97. The number of nitrogens with zero attached hydrogens (tertiary/aromatic N) is 3. The van der Waals surface area contributed by atoms with Crippen LogP contribution < -0.4 is 15.6 Å². The molecular weight excluding hydrogens is 523 g/mol. The molecule has 1 aromatic heterocycles. The first-order chi connectivity index (χ1) is 19.8. The van der Waals surface area contributed by atoms with E-state index in [0.29, 0.717) is 36.4 Å². The Hall–Kier alpha value is -4.50. The number of aromatic carboxylic acids is 1. The molecule has 8 nitrogen and oxygen atoms in total. The van der Waals surface area contributed by atoms with Crippen LogP contribution in [0.4, 0.5) is 15.8 Å². The second kappa shape index (κ2) is 10.8. The summed E-state index contributed by atoms with van der Waals surface area (Å²) in [4.78, 5) is 41.3. The van der Waals surface area contributed by atoms with E-state index in [2.05, 4.69) is 10.2 Å². The number of carbonyl (C=O) groups is 2. The predicted octanol–water partition coefficient (Wildman–Crippen LogP) is 5.06. The largest absolute Gasteiger partial charge is 0.477 e. The fourth-order valence-corrected chi connectivity index (χ4v) is 5.48. The average molecular weight is 555 g/mol. The van der Waals surface area contributed by atoms with Crippen LogP contribution in [0.1, 0.15) is 50.7 Å². The molecule has 2 fully saturated rings. The number of anilines is 2. The highest BCUT2D eigenvalue weighted by molar-refractivity contribution is 6.04. The van der Waals surface area contributed by atoms with Crippen LogP contribution >= 0.6 is 0 Å². The molecule has 0 atom stereocenters. The number of halogens is 1. The van der Waals surface area contributed by atoms with Crippen molar-refractivity contribution in [1.82, 2.24) is 9.47 Å². The van der Waals surface area contributed by atoms with Crippen LogP contribution in [0.25, 0.3) is 10.9 Å². The van der Waals surface area contributed by atoms with Crippen molar-refractivity contribution in [2.75, 3.05) is 36.4 Å². The Balaban J connectivity index is 1.12. The molecule has 1 aliphatic carbocycles. The first-order valence-corrected chi connectivity index (χ1v) is 13.8. The molecule has 0 bridgehead atoms. The lowest BCUT2D eigenvalue weighted by Crippen LogP contribution is -2.46. The molecule has 41 heavy (non-hydrogen) atoms. The summed E-state index contributed by atoms with van der Waals surface area (Å²) in [7, 11) is 0. The van der Waals surface area contributed by atoms with Crippen LogP contribution in [0.2, 0.25) is 0 Å². The summed E-state index contributed by atoms with van der Waals surface area (Å²) < 4.78 is 17.1. The van der Waals surface area contributed by atoms with Gasteiger partial charge in [0.1, 0.15) is 11.4 Å². The normalized spacial score (nSPS) is 15.7. The van der Waals surface area contributed by atoms with Gasteiger partial charge in [0, 0.05) is 61.6 Å². The highest BCUT2D eigenvalue weighted by atomic mass is 19.1. The van der Waals surface area contributed by atoms with E-state index in [-0.39, 0.29) is 22.9 Å². The van der Waals surface area contributed by atoms with E-state index in [1.807, 2.05) is 64.9 Å². The Bertz CT molecular complexity index is 1700. The van der Waals surface area contributed by atoms with Crippen molar-refractivity contribution in [2.45, 2.75) is 32.4 Å². The Morgan fingerprint density at radius 3 is 2.37 bits per heavy atom. The molecule has 3 aromatic carbocycles. The van der Waals surface area contributed by atoms with Crippen LogP contribution in [0.3, 0.4) is 0 Å². The SMILES string of the molecule is Cc1ccccc1NC(=O)c1ccc(CN2CCN(c3cc4c(cc3F)c(=O)c(C(=O)O)cn4C3CC3)CC2)cc1. The van der Waals surface area contributed by atoms with Gasteiger partial charge in [-0.05, 0) is 61.2 Å². The Labute approximate surface area is 236 Å². The number of benzene rings is 3. The second-order valence-electron chi connectivity index (χ2n) is 10.9.